The van der Waals surface area contributed by atoms with Crippen LogP contribution >= 0.6 is 0 Å². The molecule has 0 nitrogen and oxygen atoms in total. The summed E-state index contributed by atoms with van der Waals surface area (Å²) in [7, 11) is 0. The molecule has 0 rings (SSSR count). The number of hydrogen-bond acceptors (Lipinski definition) is 0. The van der Waals surface area contributed by atoms with Crippen LogP contribution in [-0.4, -0.2) is 0 Å². The first kappa shape index (κ1) is 10.7. The van der Waals surface area contributed by atoms with Gasteiger partial charge in [-0.15, -0.1) is 0 Å². The smallest absolute Gasteiger partial charge is 0.0265 e. The summed E-state index contributed by atoms with van der Waals surface area (Å²) in [6, 6.07) is 0. The highest BCUT2D eigenvalue weighted by Gasteiger charge is 1.94. The van der Waals surface area contributed by atoms with Gasteiger partial charge in [0.25, 0.3) is 0 Å². The maximum atomic E-state index is 2.34. The molecule has 0 bridgehead atoms. The van der Waals surface area contributed by atoms with Gasteiger partial charge in [0.1, 0.15) is 0 Å². The molecule has 0 aliphatic rings. The summed E-state index contributed by atoms with van der Waals surface area (Å²) in [6.45, 7) is 9.06. The van der Waals surface area contributed by atoms with E-state index in [1.165, 1.54) is 19.3 Å². The Morgan fingerprint density at radius 1 is 1.09 bits per heavy atom. The molecule has 0 aliphatic heterocycles. The van der Waals surface area contributed by atoms with Gasteiger partial charge in [-0.1, -0.05) is 52.7 Å². The average Bonchev–Trinajstić information content (AvgIpc) is 2.04. The summed E-state index contributed by atoms with van der Waals surface area (Å²) >= 11 is 0. The second-order valence-electron chi connectivity index (χ2n) is 3.56. The monoisotopic (exact) mass is 154 g/mol. The summed E-state index contributed by atoms with van der Waals surface area (Å²) in [6.07, 6.45) is 8.48. The Kier molecular flexibility index (Phi) is 6.30. The molecule has 0 fully saturated rings. The van der Waals surface area contributed by atoms with Crippen molar-refractivity contribution in [1.29, 1.82) is 0 Å². The number of rotatable bonds is 5. The van der Waals surface area contributed by atoms with Crippen molar-refractivity contribution in [2.24, 2.45) is 11.8 Å². The minimum atomic E-state index is 0.763. The highest BCUT2D eigenvalue weighted by molar-refractivity contribution is 4.86. The molecule has 11 heavy (non-hydrogen) atoms. The van der Waals surface area contributed by atoms with E-state index >= 15 is 0 Å². The van der Waals surface area contributed by atoms with E-state index in [0.717, 1.165) is 11.8 Å². The molecule has 2 atom stereocenters. The first-order valence-corrected chi connectivity index (χ1v) is 4.87. The maximum absolute atomic E-state index is 2.34. The molecule has 0 aliphatic carbocycles. The molecule has 0 spiro atoms. The van der Waals surface area contributed by atoms with Crippen molar-refractivity contribution >= 4 is 0 Å². The van der Waals surface area contributed by atoms with Crippen LogP contribution in [0, 0.1) is 11.8 Å². The van der Waals surface area contributed by atoms with E-state index in [4.69, 9.17) is 0 Å². The van der Waals surface area contributed by atoms with E-state index in [0.29, 0.717) is 0 Å². The zero-order valence-corrected chi connectivity index (χ0v) is 8.43. The molecular formula is C11H22. The van der Waals surface area contributed by atoms with E-state index in [1.807, 2.05) is 0 Å². The van der Waals surface area contributed by atoms with E-state index in [9.17, 15) is 0 Å². The Morgan fingerprint density at radius 2 is 1.73 bits per heavy atom. The van der Waals surface area contributed by atoms with Gasteiger partial charge in [0.15, 0.2) is 0 Å². The van der Waals surface area contributed by atoms with Crippen LogP contribution in [-0.2, 0) is 0 Å². The maximum Gasteiger partial charge on any atom is -0.0265 e. The SMILES string of the molecule is CC[C@H](C)C/C=C/[C@@H](C)CC. The minimum absolute atomic E-state index is 0.763. The lowest BCUT2D eigenvalue weighted by Gasteiger charge is -2.04. The molecule has 0 saturated heterocycles. The van der Waals surface area contributed by atoms with Crippen LogP contribution < -0.4 is 0 Å². The van der Waals surface area contributed by atoms with Gasteiger partial charge in [0, 0.05) is 0 Å². The third-order valence-corrected chi connectivity index (χ3v) is 2.34. The van der Waals surface area contributed by atoms with Crippen LogP contribution in [0.2, 0.25) is 0 Å². The van der Waals surface area contributed by atoms with Crippen molar-refractivity contribution in [3.05, 3.63) is 12.2 Å². The lowest BCUT2D eigenvalue weighted by molar-refractivity contribution is 0.568. The molecule has 0 amide bonds. The topological polar surface area (TPSA) is 0 Å². The molecule has 0 N–H and O–H groups in total. The number of hydrogen-bond donors (Lipinski definition) is 0. The van der Waals surface area contributed by atoms with Gasteiger partial charge < -0.3 is 0 Å². The average molecular weight is 154 g/mol. The second kappa shape index (κ2) is 6.45. The first-order chi connectivity index (χ1) is 5.20. The summed E-state index contributed by atoms with van der Waals surface area (Å²) in [4.78, 5) is 0. The largest absolute Gasteiger partial charge is 0.0880 e. The molecule has 66 valence electrons. The fourth-order valence-electron chi connectivity index (χ4n) is 0.846. The zero-order valence-electron chi connectivity index (χ0n) is 8.43. The Hall–Kier alpha value is -0.260. The van der Waals surface area contributed by atoms with E-state index in [1.54, 1.807) is 0 Å². The summed E-state index contributed by atoms with van der Waals surface area (Å²) in [5.74, 6) is 1.62. The predicted molar refractivity (Wildman–Crippen MR) is 52.7 cm³/mol. The third-order valence-electron chi connectivity index (χ3n) is 2.34. The van der Waals surface area contributed by atoms with Gasteiger partial charge in [-0.25, -0.2) is 0 Å². The van der Waals surface area contributed by atoms with E-state index in [2.05, 4.69) is 39.8 Å². The van der Waals surface area contributed by atoms with Gasteiger partial charge in [-0.05, 0) is 18.3 Å². The van der Waals surface area contributed by atoms with Crippen molar-refractivity contribution < 1.29 is 0 Å². The fraction of sp³-hybridized carbons (Fsp3) is 0.818. The van der Waals surface area contributed by atoms with E-state index in [-0.39, 0.29) is 0 Å². The van der Waals surface area contributed by atoms with Gasteiger partial charge in [0.2, 0.25) is 0 Å². The van der Waals surface area contributed by atoms with Crippen molar-refractivity contribution in [3.8, 4) is 0 Å². The Bertz CT molecular complexity index is 103. The highest BCUT2D eigenvalue weighted by Crippen LogP contribution is 2.09. The molecular weight excluding hydrogens is 132 g/mol. The standard InChI is InChI=1S/C11H22/c1-5-10(3)8-7-9-11(4)6-2/h7-8,10-11H,5-6,9H2,1-4H3/b8-7+/t10-,11-/m0/s1. The fourth-order valence-corrected chi connectivity index (χ4v) is 0.846. The number of allylic oxidation sites excluding steroid dienone is 2. The molecule has 0 radical (unpaired) electrons. The summed E-state index contributed by atoms with van der Waals surface area (Å²) < 4.78 is 0. The van der Waals surface area contributed by atoms with Crippen molar-refractivity contribution in [2.45, 2.75) is 47.0 Å². The molecule has 0 heterocycles. The summed E-state index contributed by atoms with van der Waals surface area (Å²) in [5.41, 5.74) is 0. The van der Waals surface area contributed by atoms with Crippen LogP contribution in [0.15, 0.2) is 12.2 Å². The van der Waals surface area contributed by atoms with E-state index < -0.39 is 0 Å². The Balaban J connectivity index is 3.43. The Morgan fingerprint density at radius 3 is 2.18 bits per heavy atom. The minimum Gasteiger partial charge on any atom is -0.0880 e. The van der Waals surface area contributed by atoms with Crippen molar-refractivity contribution in [3.63, 3.8) is 0 Å². The van der Waals surface area contributed by atoms with Crippen molar-refractivity contribution in [1.82, 2.24) is 0 Å². The normalized spacial score (nSPS) is 17.1. The lowest BCUT2D eigenvalue weighted by Crippen LogP contribution is -1.90. The predicted octanol–water partition coefficient (Wildman–Crippen LogP) is 4.02. The zero-order chi connectivity index (χ0) is 8.69. The molecule has 0 aromatic rings. The van der Waals surface area contributed by atoms with Gasteiger partial charge in [0.05, 0.1) is 0 Å². The van der Waals surface area contributed by atoms with Crippen LogP contribution in [0.25, 0.3) is 0 Å². The van der Waals surface area contributed by atoms with Crippen LogP contribution in [0.4, 0.5) is 0 Å². The molecule has 0 heteroatoms. The van der Waals surface area contributed by atoms with Gasteiger partial charge in [-0.3, -0.25) is 0 Å². The quantitative estimate of drug-likeness (QED) is 0.524. The molecule has 0 aromatic carbocycles. The highest BCUT2D eigenvalue weighted by atomic mass is 14.0. The Labute approximate surface area is 71.7 Å². The van der Waals surface area contributed by atoms with Crippen molar-refractivity contribution in [2.75, 3.05) is 0 Å². The van der Waals surface area contributed by atoms with Crippen LogP contribution in [0.5, 0.6) is 0 Å². The van der Waals surface area contributed by atoms with Gasteiger partial charge >= 0.3 is 0 Å². The second-order valence-corrected chi connectivity index (χ2v) is 3.56. The lowest BCUT2D eigenvalue weighted by atomic mass is 10.0. The molecule has 0 aromatic heterocycles. The third kappa shape index (κ3) is 6.15. The molecule has 0 unspecified atom stereocenters. The van der Waals surface area contributed by atoms with Crippen LogP contribution in [0.1, 0.15) is 47.0 Å². The first-order valence-electron chi connectivity index (χ1n) is 4.87. The van der Waals surface area contributed by atoms with Gasteiger partial charge in [-0.2, -0.15) is 0 Å². The summed E-state index contributed by atoms with van der Waals surface area (Å²) in [5, 5.41) is 0. The molecule has 0 saturated carbocycles. The van der Waals surface area contributed by atoms with Crippen LogP contribution in [0.3, 0.4) is 0 Å².